The average Bonchev–Trinajstić information content (AvgIpc) is 2.88. The quantitative estimate of drug-likeness (QED) is 0.272. The second-order valence-corrected chi connectivity index (χ2v) is 8.44. The van der Waals surface area contributed by atoms with E-state index in [2.05, 4.69) is 10.3 Å². The average molecular weight is 511 g/mol. The number of pyridine rings is 1. The Morgan fingerprint density at radius 3 is 2.32 bits per heavy atom. The number of carbonyl (C=O) groups is 1. The molecule has 0 saturated heterocycles. The number of hydrogen-bond donors (Lipinski definition) is 1. The van der Waals surface area contributed by atoms with Crippen LogP contribution >= 0.6 is 0 Å². The van der Waals surface area contributed by atoms with Crippen LogP contribution in [0.2, 0.25) is 0 Å². The lowest BCUT2D eigenvalue weighted by atomic mass is 9.95. The Balaban J connectivity index is 1.42. The van der Waals surface area contributed by atoms with E-state index < -0.39 is 11.7 Å². The molecule has 0 aliphatic heterocycles. The fourth-order valence-electron chi connectivity index (χ4n) is 3.90. The molecule has 4 rings (SSSR count). The molecular weight excluding hydrogens is 485 g/mol. The summed E-state index contributed by atoms with van der Waals surface area (Å²) in [5, 5.41) is 3.52. The Hall–Kier alpha value is -4.27. The van der Waals surface area contributed by atoms with Gasteiger partial charge in [-0.1, -0.05) is 25.1 Å². The van der Waals surface area contributed by atoms with Crippen molar-refractivity contribution >= 4 is 22.5 Å². The summed E-state index contributed by atoms with van der Waals surface area (Å²) in [6.45, 7) is 1.72. The number of fused-ring (bicyclic) bond motifs is 1. The predicted octanol–water partition coefficient (Wildman–Crippen LogP) is 7.20. The molecule has 1 unspecified atom stereocenters. The normalized spacial score (nSPS) is 12.2. The van der Waals surface area contributed by atoms with E-state index in [0.29, 0.717) is 39.8 Å². The van der Waals surface area contributed by atoms with E-state index in [4.69, 9.17) is 14.2 Å². The Labute approximate surface area is 212 Å². The van der Waals surface area contributed by atoms with Crippen LogP contribution in [0.25, 0.3) is 10.9 Å². The van der Waals surface area contributed by atoms with Gasteiger partial charge in [-0.25, -0.2) is 0 Å². The van der Waals surface area contributed by atoms with Crippen molar-refractivity contribution in [3.05, 3.63) is 84.1 Å². The maximum absolute atomic E-state index is 13.0. The highest BCUT2D eigenvalue weighted by molar-refractivity contribution is 5.91. The second-order valence-electron chi connectivity index (χ2n) is 8.44. The summed E-state index contributed by atoms with van der Waals surface area (Å²) < 4.78 is 55.7. The van der Waals surface area contributed by atoms with Crippen LogP contribution in [0, 0.1) is 0 Å². The van der Waals surface area contributed by atoms with Crippen LogP contribution in [0.3, 0.4) is 0 Å². The minimum absolute atomic E-state index is 0.0356. The monoisotopic (exact) mass is 510 g/mol. The Morgan fingerprint density at radius 1 is 0.946 bits per heavy atom. The molecule has 0 spiro atoms. The van der Waals surface area contributed by atoms with Crippen molar-refractivity contribution < 1.29 is 32.2 Å². The number of aromatic nitrogens is 1. The molecule has 4 aromatic rings. The lowest BCUT2D eigenvalue weighted by Gasteiger charge is -2.15. The van der Waals surface area contributed by atoms with E-state index in [1.807, 2.05) is 0 Å². The number of hydrogen-bond acceptors (Lipinski definition) is 5. The van der Waals surface area contributed by atoms with Gasteiger partial charge < -0.3 is 19.5 Å². The number of ether oxygens (including phenoxy) is 3. The minimum Gasteiger partial charge on any atom is -0.493 e. The van der Waals surface area contributed by atoms with E-state index in [1.54, 1.807) is 75.9 Å². The minimum atomic E-state index is -4.43. The first-order valence-corrected chi connectivity index (χ1v) is 11.4. The zero-order chi connectivity index (χ0) is 26.6. The van der Waals surface area contributed by atoms with Crippen LogP contribution in [-0.4, -0.2) is 25.1 Å². The molecule has 1 atom stereocenters. The molecule has 0 bridgehead atoms. The highest BCUT2D eigenvalue weighted by Crippen LogP contribution is 2.37. The van der Waals surface area contributed by atoms with Crippen molar-refractivity contribution in [2.24, 2.45) is 0 Å². The third-order valence-corrected chi connectivity index (χ3v) is 5.85. The Bertz CT molecular complexity index is 1410. The number of nitrogens with zero attached hydrogens (tertiary/aromatic N) is 1. The molecule has 1 N–H and O–H groups in total. The van der Waals surface area contributed by atoms with Gasteiger partial charge in [0.15, 0.2) is 11.5 Å². The maximum atomic E-state index is 13.0. The maximum Gasteiger partial charge on any atom is 0.416 e. The molecule has 1 heterocycles. The van der Waals surface area contributed by atoms with Crippen LogP contribution in [-0.2, 0) is 11.0 Å². The van der Waals surface area contributed by atoms with Gasteiger partial charge in [-0.2, -0.15) is 13.2 Å². The van der Waals surface area contributed by atoms with Gasteiger partial charge in [-0.05, 0) is 53.9 Å². The number of carbonyl (C=O) groups excluding carboxylic acids is 1. The molecule has 1 amide bonds. The third kappa shape index (κ3) is 6.11. The molecule has 3 aromatic carbocycles. The number of nitrogens with one attached hydrogen (secondary N) is 1. The van der Waals surface area contributed by atoms with Crippen LogP contribution in [0.1, 0.15) is 30.4 Å². The predicted molar refractivity (Wildman–Crippen MR) is 134 cm³/mol. The summed E-state index contributed by atoms with van der Waals surface area (Å²) >= 11 is 0. The molecule has 0 saturated carbocycles. The highest BCUT2D eigenvalue weighted by atomic mass is 19.4. The zero-order valence-corrected chi connectivity index (χ0v) is 20.4. The second kappa shape index (κ2) is 10.8. The molecule has 0 aliphatic rings. The Morgan fingerprint density at radius 2 is 1.65 bits per heavy atom. The van der Waals surface area contributed by atoms with Crippen molar-refractivity contribution in [3.8, 4) is 23.0 Å². The summed E-state index contributed by atoms with van der Waals surface area (Å²) in [5.74, 6) is 1.52. The van der Waals surface area contributed by atoms with E-state index in [1.165, 1.54) is 6.07 Å². The van der Waals surface area contributed by atoms with Crippen molar-refractivity contribution in [2.75, 3.05) is 19.5 Å². The first-order valence-electron chi connectivity index (χ1n) is 11.4. The highest BCUT2D eigenvalue weighted by Gasteiger charge is 2.30. The van der Waals surface area contributed by atoms with Gasteiger partial charge in [-0.15, -0.1) is 0 Å². The van der Waals surface area contributed by atoms with Gasteiger partial charge >= 0.3 is 6.18 Å². The molecular formula is C28H25F3N2O4. The first-order chi connectivity index (χ1) is 17.7. The lowest BCUT2D eigenvalue weighted by Crippen LogP contribution is -2.15. The summed E-state index contributed by atoms with van der Waals surface area (Å²) in [5.41, 5.74) is 0.938. The van der Waals surface area contributed by atoms with Gasteiger partial charge in [0, 0.05) is 29.8 Å². The van der Waals surface area contributed by atoms with Crippen LogP contribution in [0.4, 0.5) is 18.9 Å². The topological polar surface area (TPSA) is 69.7 Å². The number of rotatable bonds is 8. The molecule has 0 fully saturated rings. The number of methoxy groups -OCH3 is 2. The summed E-state index contributed by atoms with van der Waals surface area (Å²) in [6.07, 6.45) is -2.76. The smallest absolute Gasteiger partial charge is 0.416 e. The molecule has 0 aliphatic carbocycles. The number of anilines is 1. The van der Waals surface area contributed by atoms with E-state index >= 15 is 0 Å². The molecule has 6 nitrogen and oxygen atoms in total. The van der Waals surface area contributed by atoms with Crippen LogP contribution in [0.15, 0.2) is 72.9 Å². The third-order valence-electron chi connectivity index (χ3n) is 5.85. The van der Waals surface area contributed by atoms with Crippen molar-refractivity contribution in [2.45, 2.75) is 25.4 Å². The van der Waals surface area contributed by atoms with Crippen molar-refractivity contribution in [1.82, 2.24) is 4.98 Å². The summed E-state index contributed by atoms with van der Waals surface area (Å²) in [7, 11) is 3.10. The standard InChI is InChI=1S/C28H25F3N2O4/c1-17(18-5-4-6-19(14-18)28(29,30)31)13-27(34)33-20-7-9-21(10-8-20)37-24-11-12-32-23-16-26(36-3)25(35-2)15-22(23)24/h4-12,14-17H,13H2,1-3H3,(H,33,34). The molecule has 9 heteroatoms. The summed E-state index contributed by atoms with van der Waals surface area (Å²) in [4.78, 5) is 16.9. The molecule has 1 aromatic heterocycles. The summed E-state index contributed by atoms with van der Waals surface area (Å²) in [6, 6.07) is 17.1. The van der Waals surface area contributed by atoms with Gasteiger partial charge in [-0.3, -0.25) is 9.78 Å². The first kappa shape index (κ1) is 25.8. The van der Waals surface area contributed by atoms with Crippen molar-refractivity contribution in [3.63, 3.8) is 0 Å². The molecule has 192 valence electrons. The Kier molecular flexibility index (Phi) is 7.52. The van der Waals surface area contributed by atoms with Gasteiger partial charge in [0.1, 0.15) is 11.5 Å². The van der Waals surface area contributed by atoms with Crippen LogP contribution in [0.5, 0.6) is 23.0 Å². The van der Waals surface area contributed by atoms with Crippen molar-refractivity contribution in [1.29, 1.82) is 0 Å². The fraction of sp³-hybridized carbons (Fsp3) is 0.214. The molecule has 37 heavy (non-hydrogen) atoms. The van der Waals surface area contributed by atoms with Gasteiger partial charge in [0.25, 0.3) is 0 Å². The number of amides is 1. The molecule has 0 radical (unpaired) electrons. The SMILES string of the molecule is COc1cc2nccc(Oc3ccc(NC(=O)CC(C)c4cccc(C(F)(F)F)c4)cc3)c2cc1OC. The van der Waals surface area contributed by atoms with E-state index in [9.17, 15) is 18.0 Å². The number of alkyl halides is 3. The van der Waals surface area contributed by atoms with E-state index in [0.717, 1.165) is 17.5 Å². The number of halogens is 3. The van der Waals surface area contributed by atoms with Gasteiger partial charge in [0.2, 0.25) is 5.91 Å². The van der Waals surface area contributed by atoms with Crippen LogP contribution < -0.4 is 19.5 Å². The largest absolute Gasteiger partial charge is 0.493 e. The lowest BCUT2D eigenvalue weighted by molar-refractivity contribution is -0.137. The van der Waals surface area contributed by atoms with Gasteiger partial charge in [0.05, 0.1) is 25.3 Å². The zero-order valence-electron chi connectivity index (χ0n) is 20.4. The van der Waals surface area contributed by atoms with E-state index in [-0.39, 0.29) is 18.2 Å². The number of benzene rings is 3. The fourth-order valence-corrected chi connectivity index (χ4v) is 3.90.